The lowest BCUT2D eigenvalue weighted by Gasteiger charge is -2.33. The molecule has 8 nitrogen and oxygen atoms in total. The maximum atomic E-state index is 13.2. The molecule has 1 aliphatic carbocycles. The fourth-order valence-electron chi connectivity index (χ4n) is 4.72. The van der Waals surface area contributed by atoms with Crippen LogP contribution in [0.2, 0.25) is 0 Å². The van der Waals surface area contributed by atoms with Crippen LogP contribution in [0.5, 0.6) is 0 Å². The van der Waals surface area contributed by atoms with Crippen molar-refractivity contribution in [1.29, 1.82) is 0 Å². The maximum absolute atomic E-state index is 13.2. The summed E-state index contributed by atoms with van der Waals surface area (Å²) >= 11 is 0. The number of likely N-dealkylation sites (tertiary alicyclic amines) is 1. The van der Waals surface area contributed by atoms with E-state index in [1.54, 1.807) is 6.20 Å². The molecular weight excluding hydrogens is 392 g/mol. The number of nitrogens with zero attached hydrogens (tertiary/aromatic N) is 4. The van der Waals surface area contributed by atoms with Gasteiger partial charge in [0.25, 0.3) is 5.91 Å². The number of fused-ring (bicyclic) bond motifs is 1. The molecule has 0 radical (unpaired) electrons. The molecule has 3 heterocycles. The molecule has 0 aromatic carbocycles. The summed E-state index contributed by atoms with van der Waals surface area (Å²) in [6.45, 7) is 7.28. The molecule has 2 aliphatic rings. The molecule has 168 valence electrons. The number of piperidine rings is 1. The highest BCUT2D eigenvalue weighted by Crippen LogP contribution is 2.22. The average Bonchev–Trinajstić information content (AvgIpc) is 3.17. The quantitative estimate of drug-likeness (QED) is 0.782. The minimum absolute atomic E-state index is 0.00861. The molecule has 31 heavy (non-hydrogen) atoms. The van der Waals surface area contributed by atoms with E-state index in [1.807, 2.05) is 22.6 Å². The molecule has 1 saturated heterocycles. The van der Waals surface area contributed by atoms with Crippen LogP contribution < -0.4 is 10.6 Å². The molecule has 0 spiro atoms. The van der Waals surface area contributed by atoms with Gasteiger partial charge in [0.15, 0.2) is 5.65 Å². The van der Waals surface area contributed by atoms with Crippen molar-refractivity contribution in [1.82, 2.24) is 30.3 Å². The van der Waals surface area contributed by atoms with Crippen molar-refractivity contribution < 1.29 is 9.59 Å². The van der Waals surface area contributed by atoms with Crippen LogP contribution in [0.15, 0.2) is 12.3 Å². The Morgan fingerprint density at radius 3 is 2.32 bits per heavy atom. The van der Waals surface area contributed by atoms with Gasteiger partial charge in [-0.2, -0.15) is 5.10 Å². The number of amides is 3. The third-order valence-electron chi connectivity index (χ3n) is 6.54. The molecular formula is C23H34N6O2. The number of carbonyl (C=O) groups excluding carboxylic acids is 2. The van der Waals surface area contributed by atoms with E-state index in [0.717, 1.165) is 42.4 Å². The summed E-state index contributed by atoms with van der Waals surface area (Å²) in [4.78, 5) is 32.0. The van der Waals surface area contributed by atoms with Crippen molar-refractivity contribution in [2.24, 2.45) is 0 Å². The molecule has 1 saturated carbocycles. The third-order valence-corrected chi connectivity index (χ3v) is 6.54. The second-order valence-corrected chi connectivity index (χ2v) is 9.24. The highest BCUT2D eigenvalue weighted by Gasteiger charge is 2.27. The van der Waals surface area contributed by atoms with E-state index in [2.05, 4.69) is 34.6 Å². The van der Waals surface area contributed by atoms with Gasteiger partial charge >= 0.3 is 6.03 Å². The molecule has 1 aliphatic heterocycles. The van der Waals surface area contributed by atoms with Crippen LogP contribution in [-0.2, 0) is 0 Å². The summed E-state index contributed by atoms with van der Waals surface area (Å²) in [5, 5.41) is 11.5. The Labute approximate surface area is 183 Å². The number of aryl methyl sites for hydroxylation is 1. The van der Waals surface area contributed by atoms with E-state index in [-0.39, 0.29) is 24.0 Å². The Bertz CT molecular complexity index is 939. The Kier molecular flexibility index (Phi) is 6.43. The molecule has 3 amide bonds. The lowest BCUT2D eigenvalue weighted by molar-refractivity contribution is 0.0707. The van der Waals surface area contributed by atoms with Crippen LogP contribution in [0.3, 0.4) is 0 Å². The first-order valence-corrected chi connectivity index (χ1v) is 11.6. The summed E-state index contributed by atoms with van der Waals surface area (Å²) in [7, 11) is 0. The van der Waals surface area contributed by atoms with E-state index in [0.29, 0.717) is 24.7 Å². The van der Waals surface area contributed by atoms with Gasteiger partial charge in [-0.05, 0) is 52.5 Å². The van der Waals surface area contributed by atoms with E-state index < -0.39 is 0 Å². The molecule has 4 rings (SSSR count). The van der Waals surface area contributed by atoms with Crippen molar-refractivity contribution in [3.63, 3.8) is 0 Å². The smallest absolute Gasteiger partial charge is 0.315 e. The molecule has 0 bridgehead atoms. The van der Waals surface area contributed by atoms with Gasteiger partial charge in [0.1, 0.15) is 0 Å². The zero-order valence-corrected chi connectivity index (χ0v) is 18.9. The number of pyridine rings is 1. The summed E-state index contributed by atoms with van der Waals surface area (Å²) in [6, 6.07) is 2.48. The van der Waals surface area contributed by atoms with E-state index in [4.69, 9.17) is 0 Å². The van der Waals surface area contributed by atoms with Gasteiger partial charge in [-0.3, -0.25) is 4.79 Å². The minimum Gasteiger partial charge on any atom is -0.338 e. The molecule has 0 unspecified atom stereocenters. The van der Waals surface area contributed by atoms with Crippen molar-refractivity contribution in [2.45, 2.75) is 83.8 Å². The van der Waals surface area contributed by atoms with Crippen LogP contribution >= 0.6 is 0 Å². The van der Waals surface area contributed by atoms with Crippen LogP contribution in [0.25, 0.3) is 11.0 Å². The maximum Gasteiger partial charge on any atom is 0.315 e. The number of carbonyl (C=O) groups is 2. The summed E-state index contributed by atoms with van der Waals surface area (Å²) < 4.78 is 1.88. The fourth-order valence-corrected chi connectivity index (χ4v) is 4.72. The summed E-state index contributed by atoms with van der Waals surface area (Å²) in [5.41, 5.74) is 2.18. The van der Waals surface area contributed by atoms with Crippen LogP contribution in [0.4, 0.5) is 4.79 Å². The highest BCUT2D eigenvalue weighted by molar-refractivity contribution is 5.98. The Balaban J connectivity index is 1.34. The number of rotatable bonds is 4. The Hall–Kier alpha value is -2.64. The van der Waals surface area contributed by atoms with Crippen molar-refractivity contribution in [2.75, 3.05) is 13.1 Å². The van der Waals surface area contributed by atoms with Gasteiger partial charge in [-0.1, -0.05) is 19.3 Å². The number of nitrogens with one attached hydrogen (secondary N) is 2. The topological polar surface area (TPSA) is 92.2 Å². The van der Waals surface area contributed by atoms with E-state index in [9.17, 15) is 9.59 Å². The SMILES string of the molecule is Cc1nc2c(cnn2C(C)C)cc1C(=O)N1CCC(NC(=O)NC2CCCCC2)CC1. The molecule has 2 aromatic rings. The first-order valence-electron chi connectivity index (χ1n) is 11.6. The molecule has 2 N–H and O–H groups in total. The second kappa shape index (κ2) is 9.24. The fraction of sp³-hybridized carbons (Fsp3) is 0.652. The monoisotopic (exact) mass is 426 g/mol. The van der Waals surface area contributed by atoms with Gasteiger partial charge in [0, 0.05) is 36.6 Å². The third kappa shape index (κ3) is 4.83. The molecule has 0 atom stereocenters. The normalized spacial score (nSPS) is 18.5. The van der Waals surface area contributed by atoms with Crippen molar-refractivity contribution in [3.8, 4) is 0 Å². The van der Waals surface area contributed by atoms with Crippen molar-refractivity contribution >= 4 is 23.0 Å². The van der Waals surface area contributed by atoms with Gasteiger partial charge in [0.2, 0.25) is 0 Å². The average molecular weight is 427 g/mol. The van der Waals surface area contributed by atoms with E-state index >= 15 is 0 Å². The minimum atomic E-state index is -0.0654. The van der Waals surface area contributed by atoms with Crippen LogP contribution in [-0.4, -0.2) is 56.8 Å². The van der Waals surface area contributed by atoms with Gasteiger partial charge in [-0.15, -0.1) is 0 Å². The Morgan fingerprint density at radius 2 is 1.68 bits per heavy atom. The van der Waals surface area contributed by atoms with Gasteiger partial charge in [0.05, 0.1) is 17.5 Å². The van der Waals surface area contributed by atoms with E-state index in [1.165, 1.54) is 19.3 Å². The lowest BCUT2D eigenvalue weighted by Crippen LogP contribution is -2.51. The zero-order valence-electron chi connectivity index (χ0n) is 18.9. The van der Waals surface area contributed by atoms with Crippen LogP contribution in [0.1, 0.15) is 80.9 Å². The number of urea groups is 1. The van der Waals surface area contributed by atoms with Gasteiger partial charge < -0.3 is 15.5 Å². The second-order valence-electron chi connectivity index (χ2n) is 9.24. The first-order chi connectivity index (χ1) is 14.9. The predicted molar refractivity (Wildman–Crippen MR) is 120 cm³/mol. The number of hydrogen-bond acceptors (Lipinski definition) is 4. The Morgan fingerprint density at radius 1 is 1.03 bits per heavy atom. The summed E-state index contributed by atoms with van der Waals surface area (Å²) in [6.07, 6.45) is 9.14. The first kappa shape index (κ1) is 21.6. The molecule has 2 aromatic heterocycles. The zero-order chi connectivity index (χ0) is 22.0. The van der Waals surface area contributed by atoms with Crippen LogP contribution in [0, 0.1) is 6.92 Å². The number of aromatic nitrogens is 3. The standard InChI is InChI=1S/C23H34N6O2/c1-15(2)29-21-17(14-24-29)13-20(16(3)25-21)22(30)28-11-9-19(10-12-28)27-23(31)26-18-7-5-4-6-8-18/h13-15,18-19H,4-12H2,1-3H3,(H2,26,27,31). The summed E-state index contributed by atoms with van der Waals surface area (Å²) in [5.74, 6) is 0.00861. The molecule has 2 fully saturated rings. The highest BCUT2D eigenvalue weighted by atomic mass is 16.2. The largest absolute Gasteiger partial charge is 0.338 e. The lowest BCUT2D eigenvalue weighted by atomic mass is 9.96. The predicted octanol–water partition coefficient (Wildman–Crippen LogP) is 3.56. The van der Waals surface area contributed by atoms with Gasteiger partial charge in [-0.25, -0.2) is 14.5 Å². The molecule has 8 heteroatoms. The number of hydrogen-bond donors (Lipinski definition) is 2. The van der Waals surface area contributed by atoms with Crippen molar-refractivity contribution in [3.05, 3.63) is 23.5 Å².